The Labute approximate surface area is 138 Å². The van der Waals surface area contributed by atoms with E-state index in [4.69, 9.17) is 23.2 Å². The Bertz CT molecular complexity index is 599. The summed E-state index contributed by atoms with van der Waals surface area (Å²) in [6.07, 6.45) is 3.08. The number of hydrogen-bond acceptors (Lipinski definition) is 4. The van der Waals surface area contributed by atoms with Crippen LogP contribution in [0.15, 0.2) is 30.9 Å². The molecular formula is C14H16Cl2N4O2. The lowest BCUT2D eigenvalue weighted by molar-refractivity contribution is -0.121. The zero-order valence-corrected chi connectivity index (χ0v) is 13.3. The first-order valence-electron chi connectivity index (χ1n) is 6.79. The molecule has 0 fully saturated rings. The van der Waals surface area contributed by atoms with Crippen molar-refractivity contribution in [2.75, 3.05) is 6.54 Å². The molecule has 118 valence electrons. The predicted molar refractivity (Wildman–Crippen MR) is 83.7 cm³/mol. The van der Waals surface area contributed by atoms with E-state index in [9.17, 15) is 9.90 Å². The summed E-state index contributed by atoms with van der Waals surface area (Å²) in [7, 11) is 0. The molecule has 1 aromatic carbocycles. The average molecular weight is 343 g/mol. The number of aromatic nitrogens is 3. The Balaban J connectivity index is 1.76. The fourth-order valence-corrected chi connectivity index (χ4v) is 2.63. The molecule has 0 aliphatic rings. The SMILES string of the molecule is O=C(CCCn1cncn1)NC[C@@H](O)c1c(Cl)cccc1Cl. The summed E-state index contributed by atoms with van der Waals surface area (Å²) < 4.78 is 1.66. The minimum atomic E-state index is -0.944. The molecule has 0 radical (unpaired) electrons. The molecule has 2 rings (SSSR count). The fourth-order valence-electron chi connectivity index (χ4n) is 1.98. The number of rotatable bonds is 7. The number of hydrogen-bond donors (Lipinski definition) is 2. The molecule has 0 aliphatic heterocycles. The van der Waals surface area contributed by atoms with Gasteiger partial charge in [-0.1, -0.05) is 29.3 Å². The second-order valence-corrected chi connectivity index (χ2v) is 5.53. The van der Waals surface area contributed by atoms with Crippen molar-refractivity contribution in [3.63, 3.8) is 0 Å². The summed E-state index contributed by atoms with van der Waals surface area (Å²) in [5, 5.41) is 17.5. The molecule has 0 spiro atoms. The highest BCUT2D eigenvalue weighted by Gasteiger charge is 2.16. The minimum Gasteiger partial charge on any atom is -0.386 e. The van der Waals surface area contributed by atoms with E-state index in [2.05, 4.69) is 15.4 Å². The van der Waals surface area contributed by atoms with Gasteiger partial charge in [0.25, 0.3) is 0 Å². The molecule has 6 nitrogen and oxygen atoms in total. The highest BCUT2D eigenvalue weighted by atomic mass is 35.5. The van der Waals surface area contributed by atoms with Crippen LogP contribution in [0.4, 0.5) is 0 Å². The van der Waals surface area contributed by atoms with Crippen molar-refractivity contribution >= 4 is 29.1 Å². The van der Waals surface area contributed by atoms with E-state index in [1.165, 1.54) is 6.33 Å². The number of aliphatic hydroxyl groups excluding tert-OH is 1. The van der Waals surface area contributed by atoms with Crippen LogP contribution in [0.3, 0.4) is 0 Å². The van der Waals surface area contributed by atoms with Crippen molar-refractivity contribution in [2.24, 2.45) is 0 Å². The van der Waals surface area contributed by atoms with Gasteiger partial charge in [-0.3, -0.25) is 9.48 Å². The second kappa shape index (κ2) is 8.12. The van der Waals surface area contributed by atoms with Gasteiger partial charge in [0.2, 0.25) is 5.91 Å². The first-order chi connectivity index (χ1) is 10.6. The summed E-state index contributed by atoms with van der Waals surface area (Å²) in [6.45, 7) is 0.678. The van der Waals surface area contributed by atoms with E-state index in [0.717, 1.165) is 0 Å². The summed E-state index contributed by atoms with van der Waals surface area (Å²) >= 11 is 12.0. The number of carbonyl (C=O) groups is 1. The average Bonchev–Trinajstić information content (AvgIpc) is 2.98. The van der Waals surface area contributed by atoms with Crippen LogP contribution in [0.25, 0.3) is 0 Å². The lowest BCUT2D eigenvalue weighted by atomic mass is 10.1. The number of aryl methyl sites for hydroxylation is 1. The topological polar surface area (TPSA) is 80.0 Å². The second-order valence-electron chi connectivity index (χ2n) is 4.72. The highest BCUT2D eigenvalue weighted by Crippen LogP contribution is 2.29. The molecule has 22 heavy (non-hydrogen) atoms. The Kier molecular flexibility index (Phi) is 6.18. The Morgan fingerprint density at radius 3 is 2.73 bits per heavy atom. The van der Waals surface area contributed by atoms with Crippen LogP contribution in [0.2, 0.25) is 10.0 Å². The number of amides is 1. The molecule has 1 heterocycles. The Hall–Kier alpha value is -1.63. The van der Waals surface area contributed by atoms with Crippen LogP contribution >= 0.6 is 23.2 Å². The first-order valence-corrected chi connectivity index (χ1v) is 7.54. The monoisotopic (exact) mass is 342 g/mol. The third-order valence-electron chi connectivity index (χ3n) is 3.08. The van der Waals surface area contributed by atoms with Crippen molar-refractivity contribution in [2.45, 2.75) is 25.5 Å². The quantitative estimate of drug-likeness (QED) is 0.808. The molecule has 1 amide bonds. The van der Waals surface area contributed by atoms with Gasteiger partial charge in [0.1, 0.15) is 12.7 Å². The normalized spacial score (nSPS) is 12.1. The van der Waals surface area contributed by atoms with Crippen LogP contribution in [0, 0.1) is 0 Å². The van der Waals surface area contributed by atoms with Gasteiger partial charge < -0.3 is 10.4 Å². The molecule has 1 aromatic heterocycles. The maximum atomic E-state index is 11.7. The van der Waals surface area contributed by atoms with Gasteiger partial charge in [-0.05, 0) is 18.6 Å². The third-order valence-corrected chi connectivity index (χ3v) is 3.74. The molecule has 8 heteroatoms. The van der Waals surface area contributed by atoms with Crippen LogP contribution in [0.5, 0.6) is 0 Å². The van der Waals surface area contributed by atoms with Gasteiger partial charge >= 0.3 is 0 Å². The number of carbonyl (C=O) groups excluding carboxylic acids is 1. The number of halogens is 2. The summed E-state index contributed by atoms with van der Waals surface area (Å²) in [6, 6.07) is 4.99. The first kappa shape index (κ1) is 16.7. The number of nitrogens with zero attached hydrogens (tertiary/aromatic N) is 3. The lowest BCUT2D eigenvalue weighted by Gasteiger charge is -2.15. The van der Waals surface area contributed by atoms with Crippen LogP contribution in [-0.4, -0.2) is 32.3 Å². The van der Waals surface area contributed by atoms with E-state index in [1.807, 2.05) is 0 Å². The lowest BCUT2D eigenvalue weighted by Crippen LogP contribution is -2.28. The largest absolute Gasteiger partial charge is 0.386 e. The summed E-state index contributed by atoms with van der Waals surface area (Å²) in [4.78, 5) is 15.6. The van der Waals surface area contributed by atoms with Crippen LogP contribution in [0.1, 0.15) is 24.5 Å². The molecule has 2 aromatic rings. The van der Waals surface area contributed by atoms with E-state index in [-0.39, 0.29) is 12.5 Å². The molecule has 0 bridgehead atoms. The van der Waals surface area contributed by atoms with Gasteiger partial charge in [0.15, 0.2) is 0 Å². The molecule has 1 atom stereocenters. The van der Waals surface area contributed by atoms with E-state index in [1.54, 1.807) is 29.2 Å². The van der Waals surface area contributed by atoms with Crippen molar-refractivity contribution in [1.29, 1.82) is 0 Å². The molecule has 0 unspecified atom stereocenters. The van der Waals surface area contributed by atoms with Crippen molar-refractivity contribution in [3.8, 4) is 0 Å². The molecule has 0 saturated carbocycles. The maximum absolute atomic E-state index is 11.7. The van der Waals surface area contributed by atoms with Crippen LogP contribution in [-0.2, 0) is 11.3 Å². The third kappa shape index (κ3) is 4.69. The number of aliphatic hydroxyl groups is 1. The summed E-state index contributed by atoms with van der Waals surface area (Å²) in [5.74, 6) is -0.151. The molecular weight excluding hydrogens is 327 g/mol. The number of nitrogens with one attached hydrogen (secondary N) is 1. The standard InChI is InChI=1S/C14H16Cl2N4O2/c15-10-3-1-4-11(16)14(10)12(21)7-18-13(22)5-2-6-20-9-17-8-19-20/h1,3-4,8-9,12,21H,2,5-7H2,(H,18,22)/t12-/m1/s1. The van der Waals surface area contributed by atoms with E-state index in [0.29, 0.717) is 35.0 Å². The van der Waals surface area contributed by atoms with Gasteiger partial charge in [-0.25, -0.2) is 4.98 Å². The molecule has 0 aliphatic carbocycles. The van der Waals surface area contributed by atoms with Crippen molar-refractivity contribution < 1.29 is 9.90 Å². The van der Waals surface area contributed by atoms with Gasteiger partial charge in [-0.15, -0.1) is 0 Å². The van der Waals surface area contributed by atoms with Gasteiger partial charge in [0, 0.05) is 35.1 Å². The van der Waals surface area contributed by atoms with Crippen molar-refractivity contribution in [1.82, 2.24) is 20.1 Å². The predicted octanol–water partition coefficient (Wildman–Crippen LogP) is 2.21. The van der Waals surface area contributed by atoms with Gasteiger partial charge in [0.05, 0.1) is 6.10 Å². The smallest absolute Gasteiger partial charge is 0.220 e. The maximum Gasteiger partial charge on any atom is 0.220 e. The number of benzene rings is 1. The minimum absolute atomic E-state index is 0.0611. The fraction of sp³-hybridized carbons (Fsp3) is 0.357. The van der Waals surface area contributed by atoms with E-state index < -0.39 is 6.10 Å². The van der Waals surface area contributed by atoms with E-state index >= 15 is 0 Å². The highest BCUT2D eigenvalue weighted by molar-refractivity contribution is 6.36. The molecule has 2 N–H and O–H groups in total. The summed E-state index contributed by atoms with van der Waals surface area (Å²) in [5.41, 5.74) is 0.425. The molecule has 0 saturated heterocycles. The van der Waals surface area contributed by atoms with Crippen LogP contribution < -0.4 is 5.32 Å². The van der Waals surface area contributed by atoms with Gasteiger partial charge in [-0.2, -0.15) is 5.10 Å². The zero-order valence-electron chi connectivity index (χ0n) is 11.7. The Morgan fingerprint density at radius 2 is 2.09 bits per heavy atom. The Morgan fingerprint density at radius 1 is 1.36 bits per heavy atom. The van der Waals surface area contributed by atoms with Crippen molar-refractivity contribution in [3.05, 3.63) is 46.5 Å². The zero-order chi connectivity index (χ0) is 15.9.